The Labute approximate surface area is 201 Å². The molecule has 1 N–H and O–H groups in total. The molecule has 0 heterocycles. The summed E-state index contributed by atoms with van der Waals surface area (Å²) in [5, 5.41) is 15.1. The van der Waals surface area contributed by atoms with Gasteiger partial charge in [0.05, 0.1) is 21.7 Å². The zero-order valence-corrected chi connectivity index (χ0v) is 19.9. The van der Waals surface area contributed by atoms with E-state index >= 15 is 0 Å². The van der Waals surface area contributed by atoms with Crippen molar-refractivity contribution in [3.05, 3.63) is 98.6 Å². The van der Waals surface area contributed by atoms with Gasteiger partial charge in [-0.3, -0.25) is 19.2 Å². The highest BCUT2D eigenvalue weighted by Gasteiger charge is 2.28. The average Bonchev–Trinajstić information content (AvgIpc) is 2.78. The van der Waals surface area contributed by atoms with Gasteiger partial charge in [0.2, 0.25) is 0 Å². The molecule has 0 fully saturated rings. The van der Waals surface area contributed by atoms with Crippen molar-refractivity contribution < 1.29 is 18.1 Å². The van der Waals surface area contributed by atoms with Gasteiger partial charge in [-0.05, 0) is 49.7 Å². The van der Waals surface area contributed by atoms with Gasteiger partial charge in [0.25, 0.3) is 21.6 Å². The number of amides is 1. The molecule has 0 aliphatic carbocycles. The van der Waals surface area contributed by atoms with Crippen LogP contribution in [-0.2, 0) is 14.8 Å². The Kier molecular flexibility index (Phi) is 7.64. The molecule has 0 spiro atoms. The van der Waals surface area contributed by atoms with Gasteiger partial charge in [-0.15, -0.1) is 0 Å². The lowest BCUT2D eigenvalue weighted by Gasteiger charge is -2.25. The van der Waals surface area contributed by atoms with Crippen LogP contribution in [0.5, 0.6) is 0 Å². The number of anilines is 1. The van der Waals surface area contributed by atoms with Crippen LogP contribution in [0.1, 0.15) is 16.7 Å². The lowest BCUT2D eigenvalue weighted by molar-refractivity contribution is -0.384. The van der Waals surface area contributed by atoms with Crippen LogP contribution in [0.15, 0.2) is 76.7 Å². The second-order valence-corrected chi connectivity index (χ2v) is 9.70. The minimum Gasteiger partial charge on any atom is -0.271 e. The number of hydrogen-bond donors (Lipinski definition) is 1. The molecule has 0 radical (unpaired) electrons. The Morgan fingerprint density at radius 1 is 1.12 bits per heavy atom. The zero-order valence-electron chi connectivity index (χ0n) is 18.3. The minimum absolute atomic E-state index is 0.0281. The number of sulfonamides is 1. The Balaban J connectivity index is 1.87. The lowest BCUT2D eigenvalue weighted by atomic mass is 10.2. The predicted octanol–water partition coefficient (Wildman–Crippen LogP) is 4.21. The van der Waals surface area contributed by atoms with Crippen molar-refractivity contribution in [1.29, 1.82) is 0 Å². The van der Waals surface area contributed by atoms with Crippen molar-refractivity contribution in [3.63, 3.8) is 0 Å². The summed E-state index contributed by atoms with van der Waals surface area (Å²) in [6.07, 6.45) is 1.23. The number of aryl methyl sites for hydroxylation is 2. The van der Waals surface area contributed by atoms with E-state index in [2.05, 4.69) is 10.5 Å². The summed E-state index contributed by atoms with van der Waals surface area (Å²) < 4.78 is 27.8. The summed E-state index contributed by atoms with van der Waals surface area (Å²) in [5.74, 6) is -0.702. The van der Waals surface area contributed by atoms with Gasteiger partial charge in [0.15, 0.2) is 0 Å². The molecule has 34 heavy (non-hydrogen) atoms. The summed E-state index contributed by atoms with van der Waals surface area (Å²) >= 11 is 6.02. The van der Waals surface area contributed by atoms with Crippen molar-refractivity contribution >= 4 is 45.1 Å². The summed E-state index contributed by atoms with van der Waals surface area (Å²) in [4.78, 5) is 23.0. The molecule has 0 saturated heterocycles. The number of non-ortho nitro benzene ring substituents is 1. The molecular weight excluding hydrogens is 480 g/mol. The largest absolute Gasteiger partial charge is 0.271 e. The minimum atomic E-state index is -4.09. The molecule has 1 amide bonds. The fraction of sp³-hybridized carbons (Fsp3) is 0.130. The second kappa shape index (κ2) is 10.4. The topological polar surface area (TPSA) is 122 Å². The molecule has 0 atom stereocenters. The number of halogens is 1. The monoisotopic (exact) mass is 500 g/mol. The van der Waals surface area contributed by atoms with Crippen molar-refractivity contribution in [3.8, 4) is 0 Å². The van der Waals surface area contributed by atoms with E-state index in [1.807, 2.05) is 6.92 Å². The average molecular weight is 501 g/mol. The number of rotatable bonds is 8. The van der Waals surface area contributed by atoms with Crippen LogP contribution in [0.4, 0.5) is 11.4 Å². The first-order valence-corrected chi connectivity index (χ1v) is 11.8. The van der Waals surface area contributed by atoms with E-state index < -0.39 is 27.4 Å². The van der Waals surface area contributed by atoms with E-state index in [-0.39, 0.29) is 10.6 Å². The molecule has 9 nitrogen and oxygen atoms in total. The van der Waals surface area contributed by atoms with Gasteiger partial charge in [-0.1, -0.05) is 41.4 Å². The molecule has 0 saturated carbocycles. The van der Waals surface area contributed by atoms with Crippen LogP contribution in [0.3, 0.4) is 0 Å². The van der Waals surface area contributed by atoms with Crippen LogP contribution in [-0.4, -0.2) is 32.0 Å². The lowest BCUT2D eigenvalue weighted by Crippen LogP contribution is -2.40. The summed E-state index contributed by atoms with van der Waals surface area (Å²) in [6, 6.07) is 16.7. The van der Waals surface area contributed by atoms with Crippen LogP contribution in [0.2, 0.25) is 5.02 Å². The quantitative estimate of drug-likeness (QED) is 0.282. The maximum atomic E-state index is 13.4. The number of hydrogen-bond acceptors (Lipinski definition) is 6. The highest BCUT2D eigenvalue weighted by Crippen LogP contribution is 2.29. The molecule has 0 unspecified atom stereocenters. The van der Waals surface area contributed by atoms with Crippen molar-refractivity contribution in [2.24, 2.45) is 5.10 Å². The Morgan fingerprint density at radius 2 is 1.82 bits per heavy atom. The number of benzene rings is 3. The Morgan fingerprint density at radius 3 is 2.47 bits per heavy atom. The first-order chi connectivity index (χ1) is 16.1. The van der Waals surface area contributed by atoms with Gasteiger partial charge in [-0.2, -0.15) is 5.10 Å². The maximum Gasteiger partial charge on any atom is 0.270 e. The molecule has 3 aromatic carbocycles. The van der Waals surface area contributed by atoms with E-state index in [1.54, 1.807) is 37.3 Å². The van der Waals surface area contributed by atoms with Gasteiger partial charge in [0.1, 0.15) is 6.54 Å². The summed E-state index contributed by atoms with van der Waals surface area (Å²) in [5.41, 5.74) is 4.30. The molecular formula is C23H21ClN4O5S. The normalized spacial score (nSPS) is 11.4. The van der Waals surface area contributed by atoms with Crippen molar-refractivity contribution in [2.75, 3.05) is 10.8 Å². The third kappa shape index (κ3) is 5.97. The second-order valence-electron chi connectivity index (χ2n) is 7.40. The summed E-state index contributed by atoms with van der Waals surface area (Å²) in [6.45, 7) is 2.98. The standard InChI is InChI=1S/C23H21ClN4O5S/c1-16-6-9-21(10-7-16)34(32,33)27(22-11-8-19(24)12-17(22)2)15-23(29)26-25-14-18-4-3-5-20(13-18)28(30)31/h3-14H,15H2,1-2H3,(H,26,29)/b25-14-. The molecule has 3 aromatic rings. The molecule has 0 aromatic heterocycles. The first-order valence-electron chi connectivity index (χ1n) is 10.00. The Bertz CT molecular complexity index is 1360. The highest BCUT2D eigenvalue weighted by molar-refractivity contribution is 7.92. The number of hydrazone groups is 1. The van der Waals surface area contributed by atoms with E-state index in [4.69, 9.17) is 11.6 Å². The van der Waals surface area contributed by atoms with Gasteiger partial charge >= 0.3 is 0 Å². The van der Waals surface area contributed by atoms with Gasteiger partial charge in [0, 0.05) is 22.7 Å². The number of nitro benzene ring substituents is 1. The van der Waals surface area contributed by atoms with Crippen molar-refractivity contribution in [2.45, 2.75) is 18.7 Å². The van der Waals surface area contributed by atoms with Crippen LogP contribution in [0, 0.1) is 24.0 Å². The molecule has 0 aliphatic rings. The molecule has 176 valence electrons. The Hall–Kier alpha value is -3.76. The van der Waals surface area contributed by atoms with Gasteiger partial charge in [-0.25, -0.2) is 13.8 Å². The number of nitro groups is 1. The highest BCUT2D eigenvalue weighted by atomic mass is 35.5. The van der Waals surface area contributed by atoms with Crippen molar-refractivity contribution in [1.82, 2.24) is 5.43 Å². The first kappa shape index (κ1) is 24.9. The fourth-order valence-electron chi connectivity index (χ4n) is 3.10. The third-order valence-electron chi connectivity index (χ3n) is 4.81. The van der Waals surface area contributed by atoms with Gasteiger partial charge < -0.3 is 0 Å². The predicted molar refractivity (Wildman–Crippen MR) is 131 cm³/mol. The number of carbonyl (C=O) groups excluding carboxylic acids is 1. The third-order valence-corrected chi connectivity index (χ3v) is 6.82. The fourth-order valence-corrected chi connectivity index (χ4v) is 4.81. The maximum absolute atomic E-state index is 13.4. The molecule has 0 bridgehead atoms. The number of carbonyl (C=O) groups is 1. The smallest absolute Gasteiger partial charge is 0.270 e. The SMILES string of the molecule is Cc1ccc(S(=O)(=O)N(CC(=O)N/N=C\c2cccc([N+](=O)[O-])c2)c2ccc(Cl)cc2C)cc1. The van der Waals surface area contributed by atoms with Crippen LogP contribution >= 0.6 is 11.6 Å². The van der Waals surface area contributed by atoms with E-state index in [1.165, 1.54) is 42.6 Å². The van der Waals surface area contributed by atoms with E-state index in [0.29, 0.717) is 21.8 Å². The molecule has 11 heteroatoms. The van der Waals surface area contributed by atoms with Crippen LogP contribution < -0.4 is 9.73 Å². The number of nitrogens with zero attached hydrogens (tertiary/aromatic N) is 3. The van der Waals surface area contributed by atoms with E-state index in [9.17, 15) is 23.3 Å². The zero-order chi connectivity index (χ0) is 24.9. The summed E-state index contributed by atoms with van der Waals surface area (Å²) in [7, 11) is -4.09. The van der Waals surface area contributed by atoms with Crippen LogP contribution in [0.25, 0.3) is 0 Å². The molecule has 0 aliphatic heterocycles. The molecule has 3 rings (SSSR count). The number of nitrogens with one attached hydrogen (secondary N) is 1. The van der Waals surface area contributed by atoms with E-state index in [0.717, 1.165) is 9.87 Å².